The standard InChI is InChI=1S/C17H18ClNO2/c1-11-6-4-7-12(2)16(11)21-13(3)17(20)19-15-9-5-8-14(18)10-15/h4-10,13H,1-3H3,(H,19,20)/t13-/m1/s1. The van der Waals surface area contributed by atoms with Crippen LogP contribution in [-0.4, -0.2) is 12.0 Å². The molecule has 0 saturated heterocycles. The average molecular weight is 304 g/mol. The lowest BCUT2D eigenvalue weighted by Gasteiger charge is -2.18. The van der Waals surface area contributed by atoms with E-state index in [1.54, 1.807) is 31.2 Å². The van der Waals surface area contributed by atoms with E-state index >= 15 is 0 Å². The Morgan fingerprint density at radius 3 is 2.38 bits per heavy atom. The van der Waals surface area contributed by atoms with E-state index in [2.05, 4.69) is 5.32 Å². The van der Waals surface area contributed by atoms with Crippen LogP contribution in [0.4, 0.5) is 5.69 Å². The van der Waals surface area contributed by atoms with E-state index in [1.165, 1.54) is 0 Å². The number of rotatable bonds is 4. The quantitative estimate of drug-likeness (QED) is 0.911. The molecule has 0 radical (unpaired) electrons. The minimum absolute atomic E-state index is 0.208. The summed E-state index contributed by atoms with van der Waals surface area (Å²) in [5.74, 6) is 0.547. The smallest absolute Gasteiger partial charge is 0.265 e. The molecule has 1 atom stereocenters. The molecule has 0 aliphatic carbocycles. The summed E-state index contributed by atoms with van der Waals surface area (Å²) in [5.41, 5.74) is 2.68. The molecule has 21 heavy (non-hydrogen) atoms. The maximum absolute atomic E-state index is 12.2. The van der Waals surface area contributed by atoms with Gasteiger partial charge in [-0.1, -0.05) is 35.9 Å². The van der Waals surface area contributed by atoms with Gasteiger partial charge in [0.05, 0.1) is 0 Å². The zero-order chi connectivity index (χ0) is 15.4. The van der Waals surface area contributed by atoms with Gasteiger partial charge in [0.25, 0.3) is 5.91 Å². The molecule has 0 heterocycles. The SMILES string of the molecule is Cc1cccc(C)c1O[C@H](C)C(=O)Nc1cccc(Cl)c1. The first kappa shape index (κ1) is 15.4. The lowest BCUT2D eigenvalue weighted by Crippen LogP contribution is -2.30. The van der Waals surface area contributed by atoms with Gasteiger partial charge in [-0.3, -0.25) is 4.79 Å². The molecule has 0 fully saturated rings. The number of ether oxygens (including phenoxy) is 1. The topological polar surface area (TPSA) is 38.3 Å². The average Bonchev–Trinajstić information content (AvgIpc) is 2.43. The molecule has 110 valence electrons. The first-order valence-electron chi connectivity index (χ1n) is 6.76. The summed E-state index contributed by atoms with van der Waals surface area (Å²) in [6, 6.07) is 12.9. The second kappa shape index (κ2) is 6.64. The predicted octanol–water partition coefficient (Wildman–Crippen LogP) is 4.36. The Kier molecular flexibility index (Phi) is 4.86. The van der Waals surface area contributed by atoms with Crippen LogP contribution in [0.3, 0.4) is 0 Å². The van der Waals surface area contributed by atoms with E-state index in [0.29, 0.717) is 10.7 Å². The van der Waals surface area contributed by atoms with Gasteiger partial charge in [0.1, 0.15) is 5.75 Å². The molecule has 0 bridgehead atoms. The Morgan fingerprint density at radius 2 is 1.76 bits per heavy atom. The Morgan fingerprint density at radius 1 is 1.14 bits per heavy atom. The molecule has 2 aromatic carbocycles. The van der Waals surface area contributed by atoms with Crippen molar-refractivity contribution < 1.29 is 9.53 Å². The van der Waals surface area contributed by atoms with Crippen LogP contribution >= 0.6 is 11.6 Å². The molecule has 2 aromatic rings. The van der Waals surface area contributed by atoms with Gasteiger partial charge < -0.3 is 10.1 Å². The molecular weight excluding hydrogens is 286 g/mol. The Labute approximate surface area is 129 Å². The zero-order valence-corrected chi connectivity index (χ0v) is 13.1. The van der Waals surface area contributed by atoms with Gasteiger partial charge in [0.15, 0.2) is 6.10 Å². The summed E-state index contributed by atoms with van der Waals surface area (Å²) in [5, 5.41) is 3.37. The van der Waals surface area contributed by atoms with Gasteiger partial charge in [-0.15, -0.1) is 0 Å². The van der Waals surface area contributed by atoms with Crippen LogP contribution in [0.2, 0.25) is 5.02 Å². The number of aryl methyl sites for hydroxylation is 2. The molecule has 0 saturated carbocycles. The first-order valence-corrected chi connectivity index (χ1v) is 7.14. The van der Waals surface area contributed by atoms with Crippen molar-refractivity contribution in [3.63, 3.8) is 0 Å². The van der Waals surface area contributed by atoms with Crippen molar-refractivity contribution >= 4 is 23.2 Å². The van der Waals surface area contributed by atoms with E-state index in [-0.39, 0.29) is 5.91 Å². The van der Waals surface area contributed by atoms with Crippen molar-refractivity contribution in [1.29, 1.82) is 0 Å². The van der Waals surface area contributed by atoms with Crippen LogP contribution in [-0.2, 0) is 4.79 Å². The number of anilines is 1. The summed E-state index contributed by atoms with van der Waals surface area (Å²) < 4.78 is 5.80. The lowest BCUT2D eigenvalue weighted by molar-refractivity contribution is -0.122. The Balaban J connectivity index is 2.06. The maximum Gasteiger partial charge on any atom is 0.265 e. The molecule has 3 nitrogen and oxygen atoms in total. The minimum atomic E-state index is -0.594. The van der Waals surface area contributed by atoms with Gasteiger partial charge in [0.2, 0.25) is 0 Å². The van der Waals surface area contributed by atoms with Gasteiger partial charge >= 0.3 is 0 Å². The highest BCUT2D eigenvalue weighted by Gasteiger charge is 2.17. The number of carbonyl (C=O) groups excluding carboxylic acids is 1. The predicted molar refractivity (Wildman–Crippen MR) is 86.1 cm³/mol. The fourth-order valence-electron chi connectivity index (χ4n) is 2.03. The van der Waals surface area contributed by atoms with E-state index in [4.69, 9.17) is 16.3 Å². The van der Waals surface area contributed by atoms with E-state index < -0.39 is 6.10 Å². The van der Waals surface area contributed by atoms with Crippen LogP contribution in [0, 0.1) is 13.8 Å². The second-order valence-electron chi connectivity index (χ2n) is 4.98. The molecule has 0 aliphatic heterocycles. The Bertz CT molecular complexity index is 635. The number of amides is 1. The normalized spacial score (nSPS) is 11.8. The molecule has 1 amide bonds. The van der Waals surface area contributed by atoms with Crippen molar-refractivity contribution in [3.8, 4) is 5.75 Å². The van der Waals surface area contributed by atoms with Gasteiger partial charge in [-0.25, -0.2) is 0 Å². The molecule has 0 spiro atoms. The molecule has 4 heteroatoms. The highest BCUT2D eigenvalue weighted by atomic mass is 35.5. The fraction of sp³-hybridized carbons (Fsp3) is 0.235. The molecular formula is C17H18ClNO2. The third-order valence-corrected chi connectivity index (χ3v) is 3.40. The molecule has 0 unspecified atom stereocenters. The number of carbonyl (C=O) groups is 1. The molecule has 0 aromatic heterocycles. The van der Waals surface area contributed by atoms with Crippen molar-refractivity contribution in [2.75, 3.05) is 5.32 Å². The van der Waals surface area contributed by atoms with Crippen LogP contribution in [0.1, 0.15) is 18.1 Å². The summed E-state index contributed by atoms with van der Waals surface area (Å²) in [7, 11) is 0. The summed E-state index contributed by atoms with van der Waals surface area (Å²) >= 11 is 5.90. The highest BCUT2D eigenvalue weighted by Crippen LogP contribution is 2.24. The zero-order valence-electron chi connectivity index (χ0n) is 12.3. The van der Waals surface area contributed by atoms with Crippen LogP contribution in [0.5, 0.6) is 5.75 Å². The van der Waals surface area contributed by atoms with Gasteiger partial charge in [0, 0.05) is 10.7 Å². The molecule has 0 aliphatic rings. The number of halogens is 1. The summed E-state index contributed by atoms with van der Waals surface area (Å²) in [6.45, 7) is 5.65. The van der Waals surface area contributed by atoms with Crippen LogP contribution < -0.4 is 10.1 Å². The monoisotopic (exact) mass is 303 g/mol. The van der Waals surface area contributed by atoms with Crippen LogP contribution in [0.15, 0.2) is 42.5 Å². The first-order chi connectivity index (χ1) is 9.97. The molecule has 1 N–H and O–H groups in total. The summed E-state index contributed by atoms with van der Waals surface area (Å²) in [6.07, 6.45) is -0.594. The van der Waals surface area contributed by atoms with E-state index in [1.807, 2.05) is 32.0 Å². The van der Waals surface area contributed by atoms with Crippen LogP contribution in [0.25, 0.3) is 0 Å². The minimum Gasteiger partial charge on any atom is -0.480 e. The third-order valence-electron chi connectivity index (χ3n) is 3.16. The van der Waals surface area contributed by atoms with Crippen molar-refractivity contribution in [2.45, 2.75) is 26.9 Å². The second-order valence-corrected chi connectivity index (χ2v) is 5.42. The Hall–Kier alpha value is -2.00. The van der Waals surface area contributed by atoms with Crippen molar-refractivity contribution in [1.82, 2.24) is 0 Å². The van der Waals surface area contributed by atoms with Crippen molar-refractivity contribution in [3.05, 3.63) is 58.6 Å². The summed E-state index contributed by atoms with van der Waals surface area (Å²) in [4.78, 5) is 12.2. The van der Waals surface area contributed by atoms with E-state index in [9.17, 15) is 4.79 Å². The van der Waals surface area contributed by atoms with E-state index in [0.717, 1.165) is 16.9 Å². The number of para-hydroxylation sites is 1. The third kappa shape index (κ3) is 3.99. The van der Waals surface area contributed by atoms with Crippen molar-refractivity contribution in [2.24, 2.45) is 0 Å². The number of hydrogen-bond donors (Lipinski definition) is 1. The number of nitrogens with one attached hydrogen (secondary N) is 1. The fourth-order valence-corrected chi connectivity index (χ4v) is 2.22. The number of benzene rings is 2. The molecule has 2 rings (SSSR count). The lowest BCUT2D eigenvalue weighted by atomic mass is 10.1. The maximum atomic E-state index is 12.2. The highest BCUT2D eigenvalue weighted by molar-refractivity contribution is 6.30. The largest absolute Gasteiger partial charge is 0.480 e. The van der Waals surface area contributed by atoms with Gasteiger partial charge in [-0.2, -0.15) is 0 Å². The number of hydrogen-bond acceptors (Lipinski definition) is 2. The van der Waals surface area contributed by atoms with Gasteiger partial charge in [-0.05, 0) is 50.1 Å².